The van der Waals surface area contributed by atoms with Crippen molar-refractivity contribution in [1.82, 2.24) is 10.2 Å². The largest absolute Gasteiger partial charge is 0.401 e. The molecular formula is C11H23F3N2. The van der Waals surface area contributed by atoms with E-state index in [0.29, 0.717) is 6.54 Å². The minimum Gasteiger partial charge on any atom is -0.312 e. The van der Waals surface area contributed by atoms with Gasteiger partial charge in [0.05, 0.1) is 6.54 Å². The number of halogens is 3. The molecule has 0 bridgehead atoms. The topological polar surface area (TPSA) is 15.3 Å². The number of rotatable bonds is 5. The Hall–Kier alpha value is -0.290. The highest BCUT2D eigenvalue weighted by Gasteiger charge is 2.32. The molecule has 0 aromatic heterocycles. The van der Waals surface area contributed by atoms with Gasteiger partial charge in [-0.3, -0.25) is 4.90 Å². The van der Waals surface area contributed by atoms with E-state index in [1.165, 1.54) is 11.9 Å². The van der Waals surface area contributed by atoms with Crippen LogP contribution < -0.4 is 5.32 Å². The third-order valence-electron chi connectivity index (χ3n) is 2.44. The highest BCUT2D eigenvalue weighted by molar-refractivity contribution is 4.82. The lowest BCUT2D eigenvalue weighted by Crippen LogP contribution is -2.49. The lowest BCUT2D eigenvalue weighted by atomic mass is 9.86. The minimum absolute atomic E-state index is 0.0458. The predicted molar refractivity (Wildman–Crippen MR) is 60.5 cm³/mol. The van der Waals surface area contributed by atoms with Crippen LogP contribution in [0.2, 0.25) is 0 Å². The van der Waals surface area contributed by atoms with Crippen LogP contribution in [0.1, 0.15) is 27.7 Å². The van der Waals surface area contributed by atoms with Crippen LogP contribution in [-0.2, 0) is 0 Å². The summed E-state index contributed by atoms with van der Waals surface area (Å²) in [5, 5.41) is 3.23. The Morgan fingerprint density at radius 1 is 1.19 bits per heavy atom. The second kappa shape index (κ2) is 5.87. The van der Waals surface area contributed by atoms with Gasteiger partial charge in [-0.25, -0.2) is 0 Å². The van der Waals surface area contributed by atoms with Crippen molar-refractivity contribution in [3.8, 4) is 0 Å². The third-order valence-corrected chi connectivity index (χ3v) is 2.44. The van der Waals surface area contributed by atoms with Gasteiger partial charge in [0.1, 0.15) is 0 Å². The standard InChI is InChI=1S/C11H23F3N2/c1-6-15-9(10(2,3)4)7-16(5)8-11(12,13)14/h9,15H,6-8H2,1-5H3. The summed E-state index contributed by atoms with van der Waals surface area (Å²) < 4.78 is 36.5. The van der Waals surface area contributed by atoms with E-state index in [9.17, 15) is 13.2 Å². The number of alkyl halides is 3. The molecule has 16 heavy (non-hydrogen) atoms. The molecule has 0 aromatic carbocycles. The van der Waals surface area contributed by atoms with Crippen LogP contribution in [0.25, 0.3) is 0 Å². The van der Waals surface area contributed by atoms with Crippen LogP contribution in [0, 0.1) is 5.41 Å². The third kappa shape index (κ3) is 7.06. The first kappa shape index (κ1) is 15.7. The number of nitrogens with zero attached hydrogens (tertiary/aromatic N) is 1. The number of hydrogen-bond acceptors (Lipinski definition) is 2. The van der Waals surface area contributed by atoms with E-state index in [1.807, 2.05) is 27.7 Å². The van der Waals surface area contributed by atoms with Gasteiger partial charge in [0.15, 0.2) is 0 Å². The zero-order chi connectivity index (χ0) is 13.0. The Bertz CT molecular complexity index is 196. The van der Waals surface area contributed by atoms with E-state index in [1.54, 1.807) is 0 Å². The predicted octanol–water partition coefficient (Wildman–Crippen LogP) is 2.50. The Morgan fingerprint density at radius 3 is 2.00 bits per heavy atom. The van der Waals surface area contributed by atoms with Gasteiger partial charge < -0.3 is 5.32 Å². The number of nitrogens with one attached hydrogen (secondary N) is 1. The average Bonchev–Trinajstić information content (AvgIpc) is 1.97. The van der Waals surface area contributed by atoms with Crippen LogP contribution in [0.4, 0.5) is 13.2 Å². The first-order chi connectivity index (χ1) is 7.06. The van der Waals surface area contributed by atoms with Crippen molar-refractivity contribution in [2.45, 2.75) is 39.9 Å². The van der Waals surface area contributed by atoms with Crippen LogP contribution in [-0.4, -0.2) is 43.8 Å². The van der Waals surface area contributed by atoms with Crippen molar-refractivity contribution in [1.29, 1.82) is 0 Å². The van der Waals surface area contributed by atoms with Gasteiger partial charge in [-0.1, -0.05) is 27.7 Å². The fraction of sp³-hybridized carbons (Fsp3) is 1.00. The molecule has 0 aliphatic heterocycles. The molecule has 2 nitrogen and oxygen atoms in total. The molecule has 0 aliphatic carbocycles. The van der Waals surface area contributed by atoms with E-state index in [2.05, 4.69) is 5.32 Å². The maximum atomic E-state index is 12.2. The Labute approximate surface area is 96.2 Å². The van der Waals surface area contributed by atoms with Gasteiger partial charge >= 0.3 is 6.18 Å². The molecule has 0 saturated carbocycles. The van der Waals surface area contributed by atoms with Gasteiger partial charge in [0.25, 0.3) is 0 Å². The number of hydrogen-bond donors (Lipinski definition) is 1. The van der Waals surface area contributed by atoms with E-state index >= 15 is 0 Å². The summed E-state index contributed by atoms with van der Waals surface area (Å²) >= 11 is 0. The van der Waals surface area contributed by atoms with Crippen LogP contribution >= 0.6 is 0 Å². The zero-order valence-corrected chi connectivity index (χ0v) is 10.8. The molecule has 0 fully saturated rings. The summed E-state index contributed by atoms with van der Waals surface area (Å²) in [5.41, 5.74) is -0.0458. The highest BCUT2D eigenvalue weighted by Crippen LogP contribution is 2.21. The van der Waals surface area contributed by atoms with E-state index in [0.717, 1.165) is 6.54 Å². The zero-order valence-electron chi connectivity index (χ0n) is 10.8. The van der Waals surface area contributed by atoms with Crippen LogP contribution in [0.5, 0.6) is 0 Å². The first-order valence-electron chi connectivity index (χ1n) is 5.55. The molecule has 0 aromatic rings. The van der Waals surface area contributed by atoms with E-state index in [4.69, 9.17) is 0 Å². The highest BCUT2D eigenvalue weighted by atomic mass is 19.4. The molecule has 0 radical (unpaired) electrons. The molecule has 5 heteroatoms. The van der Waals surface area contributed by atoms with Crippen LogP contribution in [0.3, 0.4) is 0 Å². The van der Waals surface area contributed by atoms with Crippen molar-refractivity contribution < 1.29 is 13.2 Å². The molecule has 0 amide bonds. The van der Waals surface area contributed by atoms with E-state index in [-0.39, 0.29) is 11.5 Å². The van der Waals surface area contributed by atoms with Crippen molar-refractivity contribution >= 4 is 0 Å². The SMILES string of the molecule is CCNC(CN(C)CC(F)(F)F)C(C)(C)C. The van der Waals surface area contributed by atoms with Gasteiger partial charge in [-0.2, -0.15) is 13.2 Å². The monoisotopic (exact) mass is 240 g/mol. The minimum atomic E-state index is -4.12. The molecule has 0 saturated heterocycles. The van der Waals surface area contributed by atoms with Crippen molar-refractivity contribution in [3.63, 3.8) is 0 Å². The summed E-state index contributed by atoms with van der Waals surface area (Å²) in [4.78, 5) is 1.32. The summed E-state index contributed by atoms with van der Waals surface area (Å²) in [5.74, 6) is 0. The fourth-order valence-electron chi connectivity index (χ4n) is 1.57. The van der Waals surface area contributed by atoms with E-state index < -0.39 is 12.7 Å². The fourth-order valence-corrected chi connectivity index (χ4v) is 1.57. The summed E-state index contributed by atoms with van der Waals surface area (Å²) in [7, 11) is 1.50. The number of likely N-dealkylation sites (N-methyl/N-ethyl adjacent to an activating group) is 2. The molecular weight excluding hydrogens is 217 g/mol. The normalized spacial score (nSPS) is 15.6. The molecule has 98 valence electrons. The molecule has 0 spiro atoms. The van der Waals surface area contributed by atoms with Gasteiger partial charge in [-0.05, 0) is 19.0 Å². The van der Waals surface area contributed by atoms with Crippen LogP contribution in [0.15, 0.2) is 0 Å². The Morgan fingerprint density at radius 2 is 1.69 bits per heavy atom. The van der Waals surface area contributed by atoms with Crippen molar-refractivity contribution in [3.05, 3.63) is 0 Å². The van der Waals surface area contributed by atoms with Gasteiger partial charge in [0.2, 0.25) is 0 Å². The average molecular weight is 240 g/mol. The Balaban J connectivity index is 4.30. The molecule has 1 unspecified atom stereocenters. The summed E-state index contributed by atoms with van der Waals surface area (Å²) in [6.45, 7) is 8.36. The summed E-state index contributed by atoms with van der Waals surface area (Å²) in [6.07, 6.45) is -4.12. The second-order valence-corrected chi connectivity index (χ2v) is 5.29. The quantitative estimate of drug-likeness (QED) is 0.794. The van der Waals surface area contributed by atoms with Crippen molar-refractivity contribution in [2.75, 3.05) is 26.7 Å². The maximum Gasteiger partial charge on any atom is 0.401 e. The molecule has 1 atom stereocenters. The smallest absolute Gasteiger partial charge is 0.312 e. The van der Waals surface area contributed by atoms with Gasteiger partial charge in [0, 0.05) is 12.6 Å². The molecule has 0 rings (SSSR count). The lowest BCUT2D eigenvalue weighted by Gasteiger charge is -2.34. The molecule has 0 aliphatic rings. The molecule has 1 N–H and O–H groups in total. The second-order valence-electron chi connectivity index (χ2n) is 5.29. The molecule has 0 heterocycles. The van der Waals surface area contributed by atoms with Gasteiger partial charge in [-0.15, -0.1) is 0 Å². The lowest BCUT2D eigenvalue weighted by molar-refractivity contribution is -0.144. The maximum absolute atomic E-state index is 12.2. The van der Waals surface area contributed by atoms with Crippen molar-refractivity contribution in [2.24, 2.45) is 5.41 Å². The summed E-state index contributed by atoms with van der Waals surface area (Å²) in [6, 6.07) is 0.0600. The Kier molecular flexibility index (Phi) is 5.76. The first-order valence-corrected chi connectivity index (χ1v) is 5.55.